The summed E-state index contributed by atoms with van der Waals surface area (Å²) < 4.78 is 17.4. The van der Waals surface area contributed by atoms with Gasteiger partial charge in [-0.15, -0.1) is 5.10 Å². The highest BCUT2D eigenvalue weighted by atomic mass is 16.6. The molecule has 0 N–H and O–H groups in total. The molecule has 2 unspecified atom stereocenters. The minimum absolute atomic E-state index is 0.0669. The maximum atomic E-state index is 12.8. The number of likely N-dealkylation sites (tertiary alicyclic amines) is 1. The molecule has 2 aliphatic heterocycles. The highest BCUT2D eigenvalue weighted by Gasteiger charge is 2.34. The lowest BCUT2D eigenvalue weighted by molar-refractivity contribution is -0.143. The molecule has 2 atom stereocenters. The minimum atomic E-state index is -0.622. The normalized spacial score (nSPS) is 22.0. The van der Waals surface area contributed by atoms with Crippen LogP contribution in [-0.2, 0) is 4.79 Å². The molecule has 26 heavy (non-hydrogen) atoms. The van der Waals surface area contributed by atoms with Crippen molar-refractivity contribution in [3.8, 4) is 17.4 Å². The molecule has 1 fully saturated rings. The second-order valence-corrected chi connectivity index (χ2v) is 6.54. The molecule has 0 aliphatic carbocycles. The lowest BCUT2D eigenvalue weighted by Gasteiger charge is -2.35. The van der Waals surface area contributed by atoms with E-state index in [1.807, 2.05) is 37.3 Å². The zero-order chi connectivity index (χ0) is 17.9. The smallest absolute Gasteiger partial charge is 0.267 e. The van der Waals surface area contributed by atoms with Crippen LogP contribution in [0.1, 0.15) is 18.5 Å². The van der Waals surface area contributed by atoms with Crippen LogP contribution in [0.25, 0.3) is 0 Å². The molecule has 1 amide bonds. The number of rotatable bonds is 3. The summed E-state index contributed by atoms with van der Waals surface area (Å²) in [5.74, 6) is 1.70. The van der Waals surface area contributed by atoms with E-state index in [9.17, 15) is 4.79 Å². The Morgan fingerprint density at radius 3 is 2.85 bits per heavy atom. The topological polar surface area (TPSA) is 73.8 Å². The van der Waals surface area contributed by atoms with Crippen LogP contribution in [0.15, 0.2) is 36.4 Å². The third-order valence-corrected chi connectivity index (χ3v) is 4.53. The van der Waals surface area contributed by atoms with Gasteiger partial charge in [-0.05, 0) is 38.0 Å². The average molecular weight is 355 g/mol. The first kappa shape index (κ1) is 16.6. The van der Waals surface area contributed by atoms with Gasteiger partial charge in [0.1, 0.15) is 12.7 Å². The van der Waals surface area contributed by atoms with E-state index < -0.39 is 6.10 Å². The number of aryl methyl sites for hydroxylation is 1. The summed E-state index contributed by atoms with van der Waals surface area (Å²) in [7, 11) is 0. The number of para-hydroxylation sites is 2. The molecular formula is C19H21N3O4. The van der Waals surface area contributed by atoms with E-state index in [1.54, 1.807) is 11.0 Å². The van der Waals surface area contributed by atoms with Gasteiger partial charge >= 0.3 is 0 Å². The molecule has 0 spiro atoms. The Balaban J connectivity index is 1.38. The number of piperidine rings is 1. The minimum Gasteiger partial charge on any atom is -0.485 e. The van der Waals surface area contributed by atoms with Crippen molar-refractivity contribution in [2.45, 2.75) is 32.0 Å². The molecule has 0 bridgehead atoms. The van der Waals surface area contributed by atoms with E-state index in [-0.39, 0.29) is 18.6 Å². The fourth-order valence-corrected chi connectivity index (χ4v) is 3.20. The van der Waals surface area contributed by atoms with Gasteiger partial charge in [0.15, 0.2) is 11.5 Å². The molecule has 7 heteroatoms. The maximum Gasteiger partial charge on any atom is 0.267 e. The van der Waals surface area contributed by atoms with Crippen molar-refractivity contribution in [2.75, 3.05) is 19.7 Å². The molecule has 7 nitrogen and oxygen atoms in total. The van der Waals surface area contributed by atoms with Crippen molar-refractivity contribution in [3.63, 3.8) is 0 Å². The third-order valence-electron chi connectivity index (χ3n) is 4.53. The number of ether oxygens (including phenoxy) is 3. The van der Waals surface area contributed by atoms with Crippen LogP contribution in [0.5, 0.6) is 17.4 Å². The molecule has 0 radical (unpaired) electrons. The largest absolute Gasteiger partial charge is 0.485 e. The first-order chi connectivity index (χ1) is 12.7. The number of amides is 1. The van der Waals surface area contributed by atoms with Crippen molar-refractivity contribution in [1.82, 2.24) is 15.1 Å². The van der Waals surface area contributed by atoms with Crippen molar-refractivity contribution >= 4 is 5.91 Å². The Morgan fingerprint density at radius 2 is 2.04 bits per heavy atom. The van der Waals surface area contributed by atoms with Crippen LogP contribution >= 0.6 is 0 Å². The Bertz CT molecular complexity index is 781. The van der Waals surface area contributed by atoms with E-state index in [0.717, 1.165) is 18.5 Å². The van der Waals surface area contributed by atoms with Gasteiger partial charge < -0.3 is 19.1 Å². The Kier molecular flexibility index (Phi) is 4.60. The molecule has 2 aliphatic rings. The lowest BCUT2D eigenvalue weighted by Crippen LogP contribution is -2.51. The van der Waals surface area contributed by atoms with Gasteiger partial charge in [-0.25, -0.2) is 0 Å². The van der Waals surface area contributed by atoms with E-state index >= 15 is 0 Å². The van der Waals surface area contributed by atoms with Gasteiger partial charge in [-0.2, -0.15) is 5.10 Å². The highest BCUT2D eigenvalue weighted by molar-refractivity contribution is 5.82. The zero-order valence-corrected chi connectivity index (χ0v) is 14.6. The molecule has 136 valence electrons. The number of nitrogens with zero attached hydrogens (tertiary/aromatic N) is 3. The van der Waals surface area contributed by atoms with Gasteiger partial charge in [0.2, 0.25) is 12.0 Å². The van der Waals surface area contributed by atoms with Crippen molar-refractivity contribution in [2.24, 2.45) is 0 Å². The van der Waals surface area contributed by atoms with Crippen molar-refractivity contribution in [3.05, 3.63) is 42.1 Å². The fourth-order valence-electron chi connectivity index (χ4n) is 3.20. The first-order valence-electron chi connectivity index (χ1n) is 8.83. The van der Waals surface area contributed by atoms with Crippen LogP contribution in [0.2, 0.25) is 0 Å². The standard InChI is InChI=1S/C19H21N3O4/c1-13-8-9-18(21-20-13)25-14-5-4-10-22(11-14)19(23)17-12-24-15-6-2-3-7-16(15)26-17/h2-3,6-9,14,17H,4-5,10-12H2,1H3. The molecule has 1 saturated heterocycles. The third kappa shape index (κ3) is 3.56. The number of hydrogen-bond acceptors (Lipinski definition) is 6. The number of fused-ring (bicyclic) bond motifs is 1. The quantitative estimate of drug-likeness (QED) is 0.838. The molecule has 1 aromatic carbocycles. The molecule has 1 aromatic heterocycles. The van der Waals surface area contributed by atoms with E-state index in [2.05, 4.69) is 10.2 Å². The van der Waals surface area contributed by atoms with Gasteiger partial charge in [-0.1, -0.05) is 12.1 Å². The van der Waals surface area contributed by atoms with Crippen LogP contribution < -0.4 is 14.2 Å². The van der Waals surface area contributed by atoms with E-state index in [1.165, 1.54) is 0 Å². The highest BCUT2D eigenvalue weighted by Crippen LogP contribution is 2.31. The van der Waals surface area contributed by atoms with Crippen LogP contribution in [0.4, 0.5) is 0 Å². The second-order valence-electron chi connectivity index (χ2n) is 6.54. The van der Waals surface area contributed by atoms with Crippen molar-refractivity contribution in [1.29, 1.82) is 0 Å². The van der Waals surface area contributed by atoms with Crippen LogP contribution in [0.3, 0.4) is 0 Å². The summed E-state index contributed by atoms with van der Waals surface area (Å²) in [5.41, 5.74) is 0.840. The summed E-state index contributed by atoms with van der Waals surface area (Å²) in [6.45, 7) is 3.30. The Hall–Kier alpha value is -2.83. The number of aromatic nitrogens is 2. The molecule has 2 aromatic rings. The second kappa shape index (κ2) is 7.19. The van der Waals surface area contributed by atoms with Gasteiger partial charge in [-0.3, -0.25) is 4.79 Å². The molecule has 4 rings (SSSR count). The molecule has 3 heterocycles. The van der Waals surface area contributed by atoms with Crippen LogP contribution in [0, 0.1) is 6.92 Å². The maximum absolute atomic E-state index is 12.8. The van der Waals surface area contributed by atoms with Gasteiger partial charge in [0.05, 0.1) is 12.2 Å². The number of carbonyl (C=O) groups is 1. The fraction of sp³-hybridized carbons (Fsp3) is 0.421. The monoisotopic (exact) mass is 355 g/mol. The summed E-state index contributed by atoms with van der Waals surface area (Å²) >= 11 is 0. The summed E-state index contributed by atoms with van der Waals surface area (Å²) in [5, 5.41) is 8.04. The number of hydrogen-bond donors (Lipinski definition) is 0. The Labute approximate surface area is 151 Å². The summed E-state index contributed by atoms with van der Waals surface area (Å²) in [4.78, 5) is 14.6. The Morgan fingerprint density at radius 1 is 1.19 bits per heavy atom. The van der Waals surface area contributed by atoms with Crippen molar-refractivity contribution < 1.29 is 19.0 Å². The van der Waals surface area contributed by atoms with E-state index in [0.29, 0.717) is 30.5 Å². The summed E-state index contributed by atoms with van der Waals surface area (Å²) in [6, 6.07) is 11.1. The van der Waals surface area contributed by atoms with Gasteiger partial charge in [0, 0.05) is 12.6 Å². The molecular weight excluding hydrogens is 334 g/mol. The summed E-state index contributed by atoms with van der Waals surface area (Å²) in [6.07, 6.45) is 1.04. The zero-order valence-electron chi connectivity index (χ0n) is 14.6. The SMILES string of the molecule is Cc1ccc(OC2CCCN(C(=O)C3COc4ccccc4O3)C2)nn1. The predicted octanol–water partition coefficient (Wildman–Crippen LogP) is 1.99. The lowest BCUT2D eigenvalue weighted by atomic mass is 10.1. The van der Waals surface area contributed by atoms with Gasteiger partial charge in [0.25, 0.3) is 5.91 Å². The number of carbonyl (C=O) groups excluding carboxylic acids is 1. The predicted molar refractivity (Wildman–Crippen MR) is 93.4 cm³/mol. The van der Waals surface area contributed by atoms with Crippen LogP contribution in [-0.4, -0.2) is 52.9 Å². The number of benzene rings is 1. The van der Waals surface area contributed by atoms with E-state index in [4.69, 9.17) is 14.2 Å². The molecule has 0 saturated carbocycles. The average Bonchev–Trinajstić information content (AvgIpc) is 2.69. The first-order valence-corrected chi connectivity index (χ1v) is 8.83.